The summed E-state index contributed by atoms with van der Waals surface area (Å²) in [6.07, 6.45) is 10.3. The van der Waals surface area contributed by atoms with E-state index in [4.69, 9.17) is 18.6 Å². The van der Waals surface area contributed by atoms with Crippen LogP contribution in [0.2, 0.25) is 0 Å². The van der Waals surface area contributed by atoms with Crippen molar-refractivity contribution in [2.45, 2.75) is 51.0 Å². The normalized spacial score (nSPS) is 17.9. The minimum Gasteiger partial charge on any atom is -0.493 e. The van der Waals surface area contributed by atoms with Gasteiger partial charge in [0.15, 0.2) is 11.5 Å². The van der Waals surface area contributed by atoms with Gasteiger partial charge in [-0.1, -0.05) is 0 Å². The number of hydrogen-bond donors (Lipinski definition) is 0. The molecule has 2 aliphatic rings. The zero-order chi connectivity index (χ0) is 20.3. The van der Waals surface area contributed by atoms with Crippen molar-refractivity contribution in [1.29, 1.82) is 0 Å². The van der Waals surface area contributed by atoms with Crippen LogP contribution in [0.5, 0.6) is 17.4 Å². The van der Waals surface area contributed by atoms with Crippen LogP contribution < -0.4 is 14.2 Å². The van der Waals surface area contributed by atoms with Crippen LogP contribution in [-0.2, 0) is 0 Å². The molecule has 30 heavy (non-hydrogen) atoms. The predicted molar refractivity (Wildman–Crippen MR) is 117 cm³/mol. The Morgan fingerprint density at radius 1 is 1.07 bits per heavy atom. The molecule has 1 saturated heterocycles. The Hall–Kier alpha value is -2.47. The highest BCUT2D eigenvalue weighted by molar-refractivity contribution is 6.08. The second-order valence-electron chi connectivity index (χ2n) is 8.37. The highest BCUT2D eigenvalue weighted by Crippen LogP contribution is 2.41. The van der Waals surface area contributed by atoms with Gasteiger partial charge in [0.05, 0.1) is 19.1 Å². The van der Waals surface area contributed by atoms with Gasteiger partial charge >= 0.3 is 0 Å². The molecule has 1 aromatic carbocycles. The van der Waals surface area contributed by atoms with Gasteiger partial charge in [-0.2, -0.15) is 0 Å². The first-order chi connectivity index (χ1) is 14.8. The van der Waals surface area contributed by atoms with E-state index >= 15 is 0 Å². The van der Waals surface area contributed by atoms with Gasteiger partial charge in [-0.3, -0.25) is 0 Å². The molecular formula is C24H30N2O4. The van der Waals surface area contributed by atoms with Crippen molar-refractivity contribution in [3.8, 4) is 17.4 Å². The summed E-state index contributed by atoms with van der Waals surface area (Å²) in [5.41, 5.74) is 1.55. The lowest BCUT2D eigenvalue weighted by atomic mass is 10.1. The molecule has 5 rings (SSSR count). The number of benzene rings is 1. The summed E-state index contributed by atoms with van der Waals surface area (Å²) in [7, 11) is 1.68. The predicted octanol–water partition coefficient (Wildman–Crippen LogP) is 5.18. The average Bonchev–Trinajstić information content (AvgIpc) is 3.51. The van der Waals surface area contributed by atoms with Gasteiger partial charge in [0.1, 0.15) is 17.3 Å². The summed E-state index contributed by atoms with van der Waals surface area (Å²) in [4.78, 5) is 7.01. The summed E-state index contributed by atoms with van der Waals surface area (Å²) in [6, 6.07) is 5.81. The molecule has 0 spiro atoms. The van der Waals surface area contributed by atoms with Crippen LogP contribution in [0.3, 0.4) is 0 Å². The van der Waals surface area contributed by atoms with E-state index in [0.717, 1.165) is 53.5 Å². The van der Waals surface area contributed by atoms with E-state index in [1.165, 1.54) is 38.8 Å². The Kier molecular flexibility index (Phi) is 5.67. The number of ether oxygens (including phenoxy) is 3. The van der Waals surface area contributed by atoms with Gasteiger partial charge in [0.25, 0.3) is 0 Å². The van der Waals surface area contributed by atoms with Gasteiger partial charge in [-0.25, -0.2) is 4.98 Å². The first-order valence-corrected chi connectivity index (χ1v) is 11.2. The van der Waals surface area contributed by atoms with E-state index in [2.05, 4.69) is 9.88 Å². The minimum absolute atomic E-state index is 0.244. The fourth-order valence-corrected chi connectivity index (χ4v) is 4.70. The van der Waals surface area contributed by atoms with Gasteiger partial charge in [-0.15, -0.1) is 0 Å². The first kappa shape index (κ1) is 19.5. The van der Waals surface area contributed by atoms with Gasteiger partial charge in [0.2, 0.25) is 5.88 Å². The lowest BCUT2D eigenvalue weighted by molar-refractivity contribution is 0.204. The van der Waals surface area contributed by atoms with Crippen LogP contribution in [0.1, 0.15) is 44.9 Å². The smallest absolute Gasteiger partial charge is 0.225 e. The molecule has 6 nitrogen and oxygen atoms in total. The Labute approximate surface area is 177 Å². The molecule has 0 unspecified atom stereocenters. The Bertz CT molecular complexity index is 1000. The van der Waals surface area contributed by atoms with E-state index in [1.54, 1.807) is 13.3 Å². The lowest BCUT2D eigenvalue weighted by Crippen LogP contribution is -2.21. The highest BCUT2D eigenvalue weighted by atomic mass is 16.5. The van der Waals surface area contributed by atoms with Crippen molar-refractivity contribution >= 4 is 21.9 Å². The number of aromatic nitrogens is 1. The summed E-state index contributed by atoms with van der Waals surface area (Å²) in [5.74, 6) is 2.08. The number of likely N-dealkylation sites (tertiary alicyclic amines) is 1. The highest BCUT2D eigenvalue weighted by Gasteiger charge is 2.22. The molecular weight excluding hydrogens is 380 g/mol. The number of pyridine rings is 1. The van der Waals surface area contributed by atoms with Crippen LogP contribution in [0.25, 0.3) is 21.9 Å². The number of fused-ring (bicyclic) bond motifs is 3. The number of furan rings is 1. The largest absolute Gasteiger partial charge is 0.493 e. The Balaban J connectivity index is 1.39. The molecule has 1 aliphatic heterocycles. The zero-order valence-electron chi connectivity index (χ0n) is 17.7. The van der Waals surface area contributed by atoms with E-state index in [9.17, 15) is 0 Å². The quantitative estimate of drug-likeness (QED) is 0.477. The van der Waals surface area contributed by atoms with Crippen molar-refractivity contribution < 1.29 is 18.6 Å². The molecule has 3 aromatic rings. The summed E-state index contributed by atoms with van der Waals surface area (Å²) in [5, 5.41) is 1.87. The third kappa shape index (κ3) is 3.93. The van der Waals surface area contributed by atoms with Crippen LogP contribution >= 0.6 is 0 Å². The molecule has 2 fully saturated rings. The maximum absolute atomic E-state index is 6.24. The number of methoxy groups -OCH3 is 1. The molecule has 1 aliphatic carbocycles. The van der Waals surface area contributed by atoms with E-state index in [-0.39, 0.29) is 6.10 Å². The number of nitrogens with zero attached hydrogens (tertiary/aromatic N) is 2. The molecule has 0 N–H and O–H groups in total. The maximum atomic E-state index is 6.24. The molecule has 0 radical (unpaired) electrons. The van der Waals surface area contributed by atoms with Crippen molar-refractivity contribution in [2.75, 3.05) is 33.4 Å². The third-order valence-corrected chi connectivity index (χ3v) is 6.29. The van der Waals surface area contributed by atoms with Crippen molar-refractivity contribution in [1.82, 2.24) is 9.88 Å². The topological polar surface area (TPSA) is 57.0 Å². The average molecular weight is 411 g/mol. The Morgan fingerprint density at radius 2 is 1.90 bits per heavy atom. The SMILES string of the molecule is COc1cc2c(cc1OCCCN1CCCC1)oc1ccnc(OC3CCCC3)c12. The maximum Gasteiger partial charge on any atom is 0.225 e. The van der Waals surface area contributed by atoms with E-state index in [1.807, 2.05) is 18.2 Å². The lowest BCUT2D eigenvalue weighted by Gasteiger charge is -2.15. The standard InChI is InChI=1S/C24H30N2O4/c1-27-21-15-18-20(16-22(21)28-14-6-13-26-11-4-5-12-26)30-19-9-10-25-24(23(18)19)29-17-7-2-3-8-17/h9-10,15-17H,2-8,11-14H2,1H3. The molecule has 0 bridgehead atoms. The van der Waals surface area contributed by atoms with Gasteiger partial charge in [0, 0.05) is 30.3 Å². The van der Waals surface area contributed by atoms with E-state index < -0.39 is 0 Å². The second-order valence-corrected chi connectivity index (χ2v) is 8.37. The molecule has 160 valence electrons. The summed E-state index contributed by atoms with van der Waals surface area (Å²) < 4.78 is 24.1. The van der Waals surface area contributed by atoms with Crippen LogP contribution in [-0.4, -0.2) is 49.3 Å². The molecule has 3 heterocycles. The van der Waals surface area contributed by atoms with Crippen molar-refractivity contribution in [3.63, 3.8) is 0 Å². The Morgan fingerprint density at radius 3 is 2.70 bits per heavy atom. The zero-order valence-corrected chi connectivity index (χ0v) is 17.7. The van der Waals surface area contributed by atoms with Crippen LogP contribution in [0.4, 0.5) is 0 Å². The number of hydrogen-bond acceptors (Lipinski definition) is 6. The van der Waals surface area contributed by atoms with Crippen LogP contribution in [0, 0.1) is 0 Å². The fourth-order valence-electron chi connectivity index (χ4n) is 4.70. The minimum atomic E-state index is 0.244. The van der Waals surface area contributed by atoms with Gasteiger partial charge < -0.3 is 23.5 Å². The van der Waals surface area contributed by atoms with Crippen LogP contribution in [0.15, 0.2) is 28.8 Å². The third-order valence-electron chi connectivity index (χ3n) is 6.29. The molecule has 2 aromatic heterocycles. The second kappa shape index (κ2) is 8.72. The fraction of sp³-hybridized carbons (Fsp3) is 0.542. The van der Waals surface area contributed by atoms with E-state index in [0.29, 0.717) is 18.2 Å². The number of rotatable bonds is 8. The molecule has 1 saturated carbocycles. The van der Waals surface area contributed by atoms with Crippen molar-refractivity contribution in [2.24, 2.45) is 0 Å². The monoisotopic (exact) mass is 410 g/mol. The summed E-state index contributed by atoms with van der Waals surface area (Å²) in [6.45, 7) is 4.18. The van der Waals surface area contributed by atoms with Gasteiger partial charge in [-0.05, 0) is 64.1 Å². The van der Waals surface area contributed by atoms with Crippen molar-refractivity contribution in [3.05, 3.63) is 24.4 Å². The molecule has 0 atom stereocenters. The first-order valence-electron chi connectivity index (χ1n) is 11.2. The molecule has 6 heteroatoms. The molecule has 0 amide bonds. The summed E-state index contributed by atoms with van der Waals surface area (Å²) >= 11 is 0.